The maximum absolute atomic E-state index is 12.9. The molecule has 0 unspecified atom stereocenters. The van der Waals surface area contributed by atoms with Crippen molar-refractivity contribution in [2.24, 2.45) is 5.73 Å². The van der Waals surface area contributed by atoms with Crippen molar-refractivity contribution in [3.8, 4) is 0 Å². The Balaban J connectivity index is 1.90. The van der Waals surface area contributed by atoms with E-state index in [1.807, 2.05) is 4.90 Å². The Kier molecular flexibility index (Phi) is 4.74. The lowest BCUT2D eigenvalue weighted by molar-refractivity contribution is -0.117. The average molecular weight is 286 g/mol. The highest BCUT2D eigenvalue weighted by molar-refractivity contribution is 6.33. The number of hydrogen-bond donors (Lipinski definition) is 2. The molecule has 1 aliphatic heterocycles. The van der Waals surface area contributed by atoms with E-state index in [4.69, 9.17) is 17.3 Å². The first kappa shape index (κ1) is 14.2. The van der Waals surface area contributed by atoms with Crippen LogP contribution in [0.4, 0.5) is 10.1 Å². The highest BCUT2D eigenvalue weighted by Gasteiger charge is 2.19. The van der Waals surface area contributed by atoms with Crippen LogP contribution in [0.25, 0.3) is 0 Å². The molecule has 4 nitrogen and oxygen atoms in total. The normalized spacial score (nSPS) is 20.3. The number of carbonyl (C=O) groups excluding carboxylic acids is 1. The van der Waals surface area contributed by atoms with Gasteiger partial charge in [0, 0.05) is 12.6 Å². The number of nitrogens with one attached hydrogen (secondary N) is 1. The van der Waals surface area contributed by atoms with Crippen LogP contribution in [0.1, 0.15) is 12.8 Å². The summed E-state index contributed by atoms with van der Waals surface area (Å²) in [6.45, 7) is 1.88. The van der Waals surface area contributed by atoms with Crippen molar-refractivity contribution in [3.05, 3.63) is 29.0 Å². The summed E-state index contributed by atoms with van der Waals surface area (Å²) in [5.41, 5.74) is 6.28. The molecule has 19 heavy (non-hydrogen) atoms. The van der Waals surface area contributed by atoms with Gasteiger partial charge in [-0.15, -0.1) is 0 Å². The monoisotopic (exact) mass is 285 g/mol. The fraction of sp³-hybridized carbons (Fsp3) is 0.462. The maximum atomic E-state index is 12.9. The lowest BCUT2D eigenvalue weighted by atomic mass is 10.1. The number of rotatable bonds is 3. The smallest absolute Gasteiger partial charge is 0.238 e. The number of nitrogens with zero attached hydrogens (tertiary/aromatic N) is 1. The number of likely N-dealkylation sites (tertiary alicyclic amines) is 1. The number of amides is 1. The Bertz CT molecular complexity index is 469. The molecule has 0 radical (unpaired) electrons. The molecule has 1 aromatic rings. The summed E-state index contributed by atoms with van der Waals surface area (Å²) in [5.74, 6) is -0.590. The van der Waals surface area contributed by atoms with E-state index >= 15 is 0 Å². The van der Waals surface area contributed by atoms with E-state index in [0.29, 0.717) is 5.69 Å². The number of carbonyl (C=O) groups is 1. The van der Waals surface area contributed by atoms with Gasteiger partial charge in [-0.2, -0.15) is 0 Å². The van der Waals surface area contributed by atoms with E-state index in [9.17, 15) is 9.18 Å². The van der Waals surface area contributed by atoms with E-state index in [0.717, 1.165) is 25.9 Å². The van der Waals surface area contributed by atoms with Crippen LogP contribution >= 0.6 is 11.6 Å². The van der Waals surface area contributed by atoms with Gasteiger partial charge in [0.2, 0.25) is 5.91 Å². The number of hydrogen-bond acceptors (Lipinski definition) is 3. The topological polar surface area (TPSA) is 58.4 Å². The Labute approximate surface area is 116 Å². The van der Waals surface area contributed by atoms with Gasteiger partial charge in [0.1, 0.15) is 5.82 Å². The van der Waals surface area contributed by atoms with E-state index in [-0.39, 0.29) is 23.5 Å². The van der Waals surface area contributed by atoms with E-state index in [1.54, 1.807) is 0 Å². The predicted molar refractivity (Wildman–Crippen MR) is 73.7 cm³/mol. The van der Waals surface area contributed by atoms with Gasteiger partial charge in [-0.05, 0) is 37.6 Å². The average Bonchev–Trinajstić information content (AvgIpc) is 2.33. The second-order valence-corrected chi connectivity index (χ2v) is 5.22. The molecule has 6 heteroatoms. The molecule has 1 fully saturated rings. The second-order valence-electron chi connectivity index (χ2n) is 4.81. The standard InChI is InChI=1S/C13H17ClFN3O/c14-11-6-9(15)3-4-12(11)17-13(19)8-18-5-1-2-10(16)7-18/h3-4,6,10H,1-2,5,7-8,16H2,(H,17,19)/t10-/m1/s1. The van der Waals surface area contributed by atoms with Gasteiger partial charge in [-0.25, -0.2) is 4.39 Å². The Morgan fingerprint density at radius 1 is 1.58 bits per heavy atom. The molecule has 2 rings (SSSR count). The summed E-state index contributed by atoms with van der Waals surface area (Å²) in [6.07, 6.45) is 2.01. The summed E-state index contributed by atoms with van der Waals surface area (Å²) in [7, 11) is 0. The van der Waals surface area contributed by atoms with Gasteiger partial charge in [-0.1, -0.05) is 11.6 Å². The molecule has 0 bridgehead atoms. The zero-order valence-corrected chi connectivity index (χ0v) is 11.3. The molecule has 1 amide bonds. The molecule has 0 spiro atoms. The van der Waals surface area contributed by atoms with Crippen LogP contribution < -0.4 is 11.1 Å². The quantitative estimate of drug-likeness (QED) is 0.891. The van der Waals surface area contributed by atoms with Crippen molar-refractivity contribution in [1.82, 2.24) is 4.90 Å². The maximum Gasteiger partial charge on any atom is 0.238 e. The van der Waals surface area contributed by atoms with Crippen molar-refractivity contribution in [2.45, 2.75) is 18.9 Å². The van der Waals surface area contributed by atoms with Crippen LogP contribution in [0.2, 0.25) is 5.02 Å². The molecule has 104 valence electrons. The number of benzene rings is 1. The van der Waals surface area contributed by atoms with Crippen LogP contribution in [0, 0.1) is 5.82 Å². The van der Waals surface area contributed by atoms with Crippen molar-refractivity contribution in [3.63, 3.8) is 0 Å². The predicted octanol–water partition coefficient (Wildman–Crippen LogP) is 1.84. The fourth-order valence-corrected chi connectivity index (χ4v) is 2.43. The van der Waals surface area contributed by atoms with Crippen LogP contribution in [-0.4, -0.2) is 36.5 Å². The minimum Gasteiger partial charge on any atom is -0.327 e. The third kappa shape index (κ3) is 4.16. The molecule has 3 N–H and O–H groups in total. The molecule has 1 atom stereocenters. The Hall–Kier alpha value is -1.17. The lowest BCUT2D eigenvalue weighted by Gasteiger charge is -2.29. The Morgan fingerprint density at radius 2 is 2.37 bits per heavy atom. The lowest BCUT2D eigenvalue weighted by Crippen LogP contribution is -2.45. The zero-order valence-electron chi connectivity index (χ0n) is 10.5. The van der Waals surface area contributed by atoms with E-state index in [1.165, 1.54) is 18.2 Å². The van der Waals surface area contributed by atoms with Gasteiger partial charge < -0.3 is 11.1 Å². The summed E-state index contributed by atoms with van der Waals surface area (Å²) in [4.78, 5) is 13.9. The zero-order chi connectivity index (χ0) is 13.8. The molecular weight excluding hydrogens is 269 g/mol. The van der Waals surface area contributed by atoms with Crippen molar-refractivity contribution in [2.75, 3.05) is 25.0 Å². The van der Waals surface area contributed by atoms with Gasteiger partial charge >= 0.3 is 0 Å². The number of anilines is 1. The summed E-state index contributed by atoms with van der Waals surface area (Å²) in [5, 5.41) is 2.88. The van der Waals surface area contributed by atoms with Gasteiger partial charge in [-0.3, -0.25) is 9.69 Å². The fourth-order valence-electron chi connectivity index (χ4n) is 2.22. The number of halogens is 2. The van der Waals surface area contributed by atoms with E-state index in [2.05, 4.69) is 5.32 Å². The highest BCUT2D eigenvalue weighted by atomic mass is 35.5. The molecular formula is C13H17ClFN3O. The minimum atomic E-state index is -0.426. The molecule has 1 heterocycles. The summed E-state index contributed by atoms with van der Waals surface area (Å²) < 4.78 is 12.9. The number of piperidine rings is 1. The first-order valence-corrected chi connectivity index (χ1v) is 6.65. The summed E-state index contributed by atoms with van der Waals surface area (Å²) in [6, 6.07) is 4.03. The van der Waals surface area contributed by atoms with Crippen LogP contribution in [0.3, 0.4) is 0 Å². The van der Waals surface area contributed by atoms with E-state index < -0.39 is 5.82 Å². The first-order chi connectivity index (χ1) is 9.04. The first-order valence-electron chi connectivity index (χ1n) is 6.27. The third-order valence-corrected chi connectivity index (χ3v) is 3.43. The van der Waals surface area contributed by atoms with Crippen molar-refractivity contribution >= 4 is 23.2 Å². The largest absolute Gasteiger partial charge is 0.327 e. The molecule has 1 saturated heterocycles. The molecule has 0 aliphatic carbocycles. The second kappa shape index (κ2) is 6.32. The van der Waals surface area contributed by atoms with Crippen molar-refractivity contribution in [1.29, 1.82) is 0 Å². The van der Waals surface area contributed by atoms with Gasteiger partial charge in [0.25, 0.3) is 0 Å². The van der Waals surface area contributed by atoms with Gasteiger partial charge in [0.05, 0.1) is 17.3 Å². The van der Waals surface area contributed by atoms with Crippen LogP contribution in [0.15, 0.2) is 18.2 Å². The molecule has 1 aromatic carbocycles. The molecule has 1 aliphatic rings. The molecule has 0 aromatic heterocycles. The van der Waals surface area contributed by atoms with Crippen molar-refractivity contribution < 1.29 is 9.18 Å². The summed E-state index contributed by atoms with van der Waals surface area (Å²) >= 11 is 5.85. The van der Waals surface area contributed by atoms with Gasteiger partial charge in [0.15, 0.2) is 0 Å². The van der Waals surface area contributed by atoms with Crippen LogP contribution in [0.5, 0.6) is 0 Å². The minimum absolute atomic E-state index is 0.135. The molecule has 0 saturated carbocycles. The third-order valence-electron chi connectivity index (χ3n) is 3.11. The SMILES string of the molecule is N[C@@H]1CCCN(CC(=O)Nc2ccc(F)cc2Cl)C1. The highest BCUT2D eigenvalue weighted by Crippen LogP contribution is 2.22. The number of nitrogens with two attached hydrogens (primary N) is 1. The van der Waals surface area contributed by atoms with Crippen LogP contribution in [-0.2, 0) is 4.79 Å². The Morgan fingerprint density at radius 3 is 3.05 bits per heavy atom.